The maximum atomic E-state index is 13.8. The van der Waals surface area contributed by atoms with Gasteiger partial charge in [0.15, 0.2) is 5.40 Å². The Hall–Kier alpha value is -0.850. The van der Waals surface area contributed by atoms with E-state index in [0.29, 0.717) is 26.1 Å². The molecule has 0 spiro atoms. The average Bonchev–Trinajstić information content (AvgIpc) is 2.75. The van der Waals surface area contributed by atoms with E-state index in [0.717, 1.165) is 5.56 Å². The second-order valence-corrected chi connectivity index (χ2v) is 12.4. The number of benzene rings is 1. The molecule has 0 amide bonds. The van der Waals surface area contributed by atoms with Crippen LogP contribution in [0.15, 0.2) is 30.3 Å². The number of carbonyl (C=O) groups is 1. The molecule has 1 atom stereocenters. The SMILES string of the molecule is CCOP(=O)(OCC)C(C[C@@H]1CN(Cc2ccccc2)CCC1=O)P(=O)(OCC)OCC. The van der Waals surface area contributed by atoms with E-state index in [2.05, 4.69) is 4.90 Å². The first kappa shape index (κ1) is 27.4. The molecule has 0 radical (unpaired) electrons. The van der Waals surface area contributed by atoms with Crippen LogP contribution in [0, 0.1) is 5.92 Å². The summed E-state index contributed by atoms with van der Waals surface area (Å²) in [6.07, 6.45) is 0.435. The molecule has 0 N–H and O–H groups in total. The highest BCUT2D eigenvalue weighted by Crippen LogP contribution is 2.72. The first-order valence-corrected chi connectivity index (χ1v) is 14.6. The molecule has 1 fully saturated rings. The van der Waals surface area contributed by atoms with Crippen molar-refractivity contribution in [3.63, 3.8) is 0 Å². The fourth-order valence-electron chi connectivity index (χ4n) is 3.99. The molecule has 1 heterocycles. The van der Waals surface area contributed by atoms with Gasteiger partial charge >= 0.3 is 15.2 Å². The molecule has 0 saturated carbocycles. The molecule has 0 aliphatic carbocycles. The molecular weight excluding hydrogens is 452 g/mol. The number of nitrogens with zero attached hydrogens (tertiary/aromatic N) is 1. The third-order valence-electron chi connectivity index (χ3n) is 5.32. The second kappa shape index (κ2) is 13.1. The Balaban J connectivity index is 2.32. The molecule has 0 aromatic heterocycles. The minimum absolute atomic E-state index is 0.0541. The van der Waals surface area contributed by atoms with Crippen LogP contribution in [0.5, 0.6) is 0 Å². The Bertz CT molecular complexity index is 755. The third-order valence-corrected chi connectivity index (χ3v) is 11.4. The number of carbonyl (C=O) groups excluding carboxylic acids is 1. The highest BCUT2D eigenvalue weighted by atomic mass is 31.2. The van der Waals surface area contributed by atoms with E-state index < -0.39 is 26.5 Å². The van der Waals surface area contributed by atoms with Gasteiger partial charge in [0, 0.05) is 32.0 Å². The zero-order valence-corrected chi connectivity index (χ0v) is 21.4. The van der Waals surface area contributed by atoms with Crippen LogP contribution in [-0.2, 0) is 38.6 Å². The Morgan fingerprint density at radius 2 is 1.41 bits per heavy atom. The number of ketones is 1. The molecule has 1 saturated heterocycles. The molecule has 32 heavy (non-hydrogen) atoms. The van der Waals surface area contributed by atoms with Crippen LogP contribution in [0.1, 0.15) is 46.1 Å². The van der Waals surface area contributed by atoms with Crippen molar-refractivity contribution >= 4 is 21.0 Å². The first-order valence-electron chi connectivity index (χ1n) is 11.4. The summed E-state index contributed by atoms with van der Waals surface area (Å²) >= 11 is 0. The van der Waals surface area contributed by atoms with Gasteiger partial charge in [-0.25, -0.2) is 0 Å². The van der Waals surface area contributed by atoms with Crippen LogP contribution in [0.3, 0.4) is 0 Å². The maximum Gasteiger partial charge on any atom is 0.345 e. The number of likely N-dealkylation sites (tertiary alicyclic amines) is 1. The van der Waals surface area contributed by atoms with Crippen LogP contribution in [0.4, 0.5) is 0 Å². The summed E-state index contributed by atoms with van der Waals surface area (Å²) in [5, 5.41) is -1.17. The highest BCUT2D eigenvalue weighted by molar-refractivity contribution is 7.72. The number of piperidine rings is 1. The predicted molar refractivity (Wildman–Crippen MR) is 125 cm³/mol. The van der Waals surface area contributed by atoms with Crippen molar-refractivity contribution in [1.82, 2.24) is 4.90 Å². The van der Waals surface area contributed by atoms with Crippen molar-refractivity contribution in [3.8, 4) is 0 Å². The maximum absolute atomic E-state index is 13.8. The molecule has 182 valence electrons. The third kappa shape index (κ3) is 7.33. The fraction of sp³-hybridized carbons (Fsp3) is 0.682. The molecule has 10 heteroatoms. The number of hydrogen-bond donors (Lipinski definition) is 0. The van der Waals surface area contributed by atoms with Crippen LogP contribution >= 0.6 is 15.2 Å². The molecule has 0 bridgehead atoms. The van der Waals surface area contributed by atoms with Crippen molar-refractivity contribution < 1.29 is 32.0 Å². The normalized spacial score (nSPS) is 18.4. The molecule has 2 rings (SSSR count). The topological polar surface area (TPSA) is 91.4 Å². The lowest BCUT2D eigenvalue weighted by Gasteiger charge is -2.36. The molecule has 8 nitrogen and oxygen atoms in total. The van der Waals surface area contributed by atoms with Crippen molar-refractivity contribution in [2.75, 3.05) is 39.5 Å². The summed E-state index contributed by atoms with van der Waals surface area (Å²) in [6, 6.07) is 10.0. The lowest BCUT2D eigenvalue weighted by Crippen LogP contribution is -2.41. The number of hydrogen-bond acceptors (Lipinski definition) is 8. The van der Waals surface area contributed by atoms with Crippen molar-refractivity contribution in [2.45, 2.75) is 52.5 Å². The summed E-state index contributed by atoms with van der Waals surface area (Å²) in [4.78, 5) is 15.0. The molecule has 0 unspecified atom stereocenters. The van der Waals surface area contributed by atoms with Crippen LogP contribution in [-0.4, -0.2) is 55.6 Å². The van der Waals surface area contributed by atoms with Crippen LogP contribution < -0.4 is 0 Å². The van der Waals surface area contributed by atoms with Gasteiger partial charge < -0.3 is 18.1 Å². The van der Waals surface area contributed by atoms with E-state index in [9.17, 15) is 13.9 Å². The van der Waals surface area contributed by atoms with Crippen LogP contribution in [0.25, 0.3) is 0 Å². The molecular formula is C22H37NO7P2. The number of rotatable bonds is 14. The van der Waals surface area contributed by atoms with E-state index in [4.69, 9.17) is 18.1 Å². The molecule has 1 aliphatic rings. The molecule has 1 aliphatic heterocycles. The highest BCUT2D eigenvalue weighted by Gasteiger charge is 2.52. The smallest absolute Gasteiger partial charge is 0.308 e. The summed E-state index contributed by atoms with van der Waals surface area (Å²) in [5.41, 5.74) is 1.15. The van der Waals surface area contributed by atoms with Gasteiger partial charge in [-0.05, 0) is 39.7 Å². The van der Waals surface area contributed by atoms with Gasteiger partial charge in [0.2, 0.25) is 0 Å². The largest absolute Gasteiger partial charge is 0.345 e. The van der Waals surface area contributed by atoms with Gasteiger partial charge in [-0.2, -0.15) is 0 Å². The van der Waals surface area contributed by atoms with E-state index in [1.807, 2.05) is 30.3 Å². The van der Waals surface area contributed by atoms with Gasteiger partial charge in [-0.1, -0.05) is 30.3 Å². The van der Waals surface area contributed by atoms with Gasteiger partial charge in [0.1, 0.15) is 5.78 Å². The summed E-state index contributed by atoms with van der Waals surface area (Å²) in [7, 11) is -7.75. The van der Waals surface area contributed by atoms with E-state index in [-0.39, 0.29) is 38.6 Å². The summed E-state index contributed by atoms with van der Waals surface area (Å²) in [5.74, 6) is -0.417. The minimum Gasteiger partial charge on any atom is -0.308 e. The van der Waals surface area contributed by atoms with Crippen molar-refractivity contribution in [2.24, 2.45) is 5.92 Å². The van der Waals surface area contributed by atoms with Crippen molar-refractivity contribution in [3.05, 3.63) is 35.9 Å². The Kier molecular flexibility index (Phi) is 11.3. The lowest BCUT2D eigenvalue weighted by molar-refractivity contribution is -0.126. The van der Waals surface area contributed by atoms with E-state index in [1.165, 1.54) is 0 Å². The van der Waals surface area contributed by atoms with Crippen molar-refractivity contribution in [1.29, 1.82) is 0 Å². The first-order chi connectivity index (χ1) is 15.3. The van der Waals surface area contributed by atoms with E-state index >= 15 is 0 Å². The van der Waals surface area contributed by atoms with Gasteiger partial charge in [0.25, 0.3) is 0 Å². The Morgan fingerprint density at radius 1 is 0.906 bits per heavy atom. The fourth-order valence-corrected chi connectivity index (χ4v) is 9.48. The summed E-state index contributed by atoms with van der Waals surface area (Å²) < 4.78 is 49.7. The second-order valence-electron chi connectivity index (χ2n) is 7.60. The Labute approximate surface area is 192 Å². The standard InChI is InChI=1S/C22H37NO7P2/c1-5-27-31(25,28-6-2)22(32(26,29-7-3)30-8-4)16-20-18-23(15-14-21(20)24)17-19-12-10-9-11-13-19/h9-13,20,22H,5-8,14-18H2,1-4H3/t20-/m1/s1. The zero-order chi connectivity index (χ0) is 23.6. The molecule has 1 aromatic carbocycles. The van der Waals surface area contributed by atoms with Crippen LogP contribution in [0.2, 0.25) is 0 Å². The zero-order valence-electron chi connectivity index (χ0n) is 19.6. The average molecular weight is 489 g/mol. The lowest BCUT2D eigenvalue weighted by atomic mass is 9.93. The van der Waals surface area contributed by atoms with Gasteiger partial charge in [0.05, 0.1) is 26.4 Å². The summed E-state index contributed by atoms with van der Waals surface area (Å²) in [6.45, 7) is 9.08. The van der Waals surface area contributed by atoms with Gasteiger partial charge in [-0.15, -0.1) is 0 Å². The monoisotopic (exact) mass is 489 g/mol. The number of Topliss-reactive ketones (excluding diaryl/α,β-unsaturated/α-hetero) is 1. The van der Waals surface area contributed by atoms with E-state index in [1.54, 1.807) is 27.7 Å². The quantitative estimate of drug-likeness (QED) is 0.324. The van der Waals surface area contributed by atoms with Gasteiger partial charge in [-0.3, -0.25) is 18.8 Å². The Morgan fingerprint density at radius 3 is 1.88 bits per heavy atom. The molecule has 1 aromatic rings. The minimum atomic E-state index is -3.87. The predicted octanol–water partition coefficient (Wildman–Crippen LogP) is 5.33.